The highest BCUT2D eigenvalue weighted by Crippen LogP contribution is 2.37. The molecule has 7 heteroatoms. The molecule has 1 aromatic heterocycles. The first kappa shape index (κ1) is 15.5. The van der Waals surface area contributed by atoms with E-state index in [-0.39, 0.29) is 0 Å². The Hall–Kier alpha value is 0.150. The molecule has 0 N–H and O–H groups in total. The van der Waals surface area contributed by atoms with E-state index >= 15 is 0 Å². The Bertz CT molecular complexity index is 601. The molecular formula is C12H10Br4N2O. The molecule has 1 heterocycles. The zero-order valence-electron chi connectivity index (χ0n) is 10.2. The van der Waals surface area contributed by atoms with Crippen LogP contribution in [0.25, 0.3) is 0 Å². The van der Waals surface area contributed by atoms with Gasteiger partial charge in [-0.2, -0.15) is 5.10 Å². The molecule has 0 aliphatic heterocycles. The van der Waals surface area contributed by atoms with Crippen LogP contribution in [0.3, 0.4) is 0 Å². The Labute approximate surface area is 145 Å². The van der Waals surface area contributed by atoms with Crippen LogP contribution in [-0.2, 0) is 13.7 Å². The standard InChI is InChI=1S/C12H10Br4N2O/c1-6-11(16)10(18(2)17-6)5-19-12-8(14)3-7(13)4-9(12)15/h3-4H,5H2,1-2H3. The third kappa shape index (κ3) is 3.43. The van der Waals surface area contributed by atoms with Gasteiger partial charge in [0.05, 0.1) is 24.8 Å². The molecule has 2 rings (SSSR count). The Morgan fingerprint density at radius 3 is 2.21 bits per heavy atom. The molecule has 0 spiro atoms. The summed E-state index contributed by atoms with van der Waals surface area (Å²) in [5.41, 5.74) is 1.95. The van der Waals surface area contributed by atoms with Crippen LogP contribution in [0.4, 0.5) is 0 Å². The third-order valence-electron chi connectivity index (χ3n) is 2.58. The summed E-state index contributed by atoms with van der Waals surface area (Å²) in [5, 5.41) is 4.34. The quantitative estimate of drug-likeness (QED) is 0.548. The van der Waals surface area contributed by atoms with Gasteiger partial charge in [-0.05, 0) is 66.8 Å². The first-order valence-electron chi connectivity index (χ1n) is 5.35. The first-order chi connectivity index (χ1) is 8.90. The van der Waals surface area contributed by atoms with Crippen LogP contribution in [0, 0.1) is 6.92 Å². The van der Waals surface area contributed by atoms with Gasteiger partial charge >= 0.3 is 0 Å². The van der Waals surface area contributed by atoms with Crippen molar-refractivity contribution < 1.29 is 4.74 Å². The van der Waals surface area contributed by atoms with Gasteiger partial charge in [0, 0.05) is 11.5 Å². The maximum atomic E-state index is 5.88. The number of hydrogen-bond donors (Lipinski definition) is 0. The second-order valence-corrected chi connectivity index (χ2v) is 7.37. The molecule has 0 saturated carbocycles. The van der Waals surface area contributed by atoms with Crippen LogP contribution in [-0.4, -0.2) is 9.78 Å². The van der Waals surface area contributed by atoms with Crippen LogP contribution >= 0.6 is 63.7 Å². The van der Waals surface area contributed by atoms with E-state index in [0.29, 0.717) is 6.61 Å². The molecule has 0 bridgehead atoms. The van der Waals surface area contributed by atoms with Gasteiger partial charge in [0.2, 0.25) is 0 Å². The van der Waals surface area contributed by atoms with Crippen LogP contribution in [0.5, 0.6) is 5.75 Å². The minimum atomic E-state index is 0.441. The van der Waals surface area contributed by atoms with E-state index < -0.39 is 0 Å². The highest BCUT2D eigenvalue weighted by Gasteiger charge is 2.14. The summed E-state index contributed by atoms with van der Waals surface area (Å²) < 4.78 is 11.5. The molecule has 0 fully saturated rings. The highest BCUT2D eigenvalue weighted by atomic mass is 79.9. The molecule has 0 atom stereocenters. The monoisotopic (exact) mass is 514 g/mol. The van der Waals surface area contributed by atoms with E-state index in [1.54, 1.807) is 0 Å². The van der Waals surface area contributed by atoms with Crippen molar-refractivity contribution in [1.82, 2.24) is 9.78 Å². The number of nitrogens with zero attached hydrogens (tertiary/aromatic N) is 2. The third-order valence-corrected chi connectivity index (χ3v) is 5.25. The SMILES string of the molecule is Cc1nn(C)c(COc2c(Br)cc(Br)cc2Br)c1Br. The number of benzene rings is 1. The Morgan fingerprint density at radius 2 is 1.74 bits per heavy atom. The number of hydrogen-bond acceptors (Lipinski definition) is 2. The smallest absolute Gasteiger partial charge is 0.148 e. The topological polar surface area (TPSA) is 27.1 Å². The van der Waals surface area contributed by atoms with Crippen molar-refractivity contribution in [1.29, 1.82) is 0 Å². The molecule has 2 aromatic rings. The van der Waals surface area contributed by atoms with Gasteiger partial charge in [0.15, 0.2) is 0 Å². The number of halogens is 4. The lowest BCUT2D eigenvalue weighted by atomic mass is 10.3. The number of rotatable bonds is 3. The van der Waals surface area contributed by atoms with Gasteiger partial charge in [-0.1, -0.05) is 15.9 Å². The summed E-state index contributed by atoms with van der Waals surface area (Å²) >= 11 is 14.0. The zero-order chi connectivity index (χ0) is 14.2. The van der Waals surface area contributed by atoms with Crippen molar-refractivity contribution in [3.8, 4) is 5.75 Å². The van der Waals surface area contributed by atoms with Gasteiger partial charge in [-0.25, -0.2) is 0 Å². The lowest BCUT2D eigenvalue weighted by Gasteiger charge is -2.11. The van der Waals surface area contributed by atoms with Gasteiger partial charge < -0.3 is 4.74 Å². The largest absolute Gasteiger partial charge is 0.485 e. The van der Waals surface area contributed by atoms with Gasteiger partial charge in [0.25, 0.3) is 0 Å². The fraction of sp³-hybridized carbons (Fsp3) is 0.250. The fourth-order valence-electron chi connectivity index (χ4n) is 1.64. The van der Waals surface area contributed by atoms with Crippen molar-refractivity contribution in [3.05, 3.63) is 41.4 Å². The summed E-state index contributed by atoms with van der Waals surface area (Å²) in [4.78, 5) is 0. The zero-order valence-corrected chi connectivity index (χ0v) is 16.5. The molecule has 0 radical (unpaired) electrons. The van der Waals surface area contributed by atoms with E-state index in [1.165, 1.54) is 0 Å². The molecule has 3 nitrogen and oxygen atoms in total. The molecule has 0 aliphatic rings. The Morgan fingerprint density at radius 1 is 1.16 bits per heavy atom. The maximum absolute atomic E-state index is 5.88. The number of ether oxygens (including phenoxy) is 1. The fourth-order valence-corrected chi connectivity index (χ4v) is 4.58. The van der Waals surface area contributed by atoms with E-state index in [4.69, 9.17) is 4.74 Å². The molecule has 19 heavy (non-hydrogen) atoms. The average molecular weight is 518 g/mol. The lowest BCUT2D eigenvalue weighted by molar-refractivity contribution is 0.290. The van der Waals surface area contributed by atoms with Crippen LogP contribution < -0.4 is 4.74 Å². The minimum absolute atomic E-state index is 0.441. The Kier molecular flexibility index (Phi) is 5.14. The van der Waals surface area contributed by atoms with Crippen LogP contribution in [0.15, 0.2) is 30.0 Å². The summed E-state index contributed by atoms with van der Waals surface area (Å²) in [5.74, 6) is 0.772. The van der Waals surface area contributed by atoms with Crippen molar-refractivity contribution in [2.24, 2.45) is 7.05 Å². The van der Waals surface area contributed by atoms with Gasteiger partial charge in [0.1, 0.15) is 12.4 Å². The second-order valence-electron chi connectivity index (χ2n) is 3.96. The number of aryl methyl sites for hydroxylation is 2. The summed E-state index contributed by atoms with van der Waals surface area (Å²) in [6.45, 7) is 2.40. The molecule has 0 aliphatic carbocycles. The molecule has 102 valence electrons. The Balaban J connectivity index is 2.24. The molecule has 0 unspecified atom stereocenters. The van der Waals surface area contributed by atoms with Crippen molar-refractivity contribution in [2.75, 3.05) is 0 Å². The lowest BCUT2D eigenvalue weighted by Crippen LogP contribution is -2.04. The number of aromatic nitrogens is 2. The van der Waals surface area contributed by atoms with E-state index in [9.17, 15) is 0 Å². The summed E-state index contributed by atoms with van der Waals surface area (Å²) in [7, 11) is 1.90. The van der Waals surface area contributed by atoms with Gasteiger partial charge in [-0.15, -0.1) is 0 Å². The molecule has 0 amide bonds. The van der Waals surface area contributed by atoms with Crippen LogP contribution in [0.1, 0.15) is 11.4 Å². The van der Waals surface area contributed by atoms with Crippen molar-refractivity contribution in [3.63, 3.8) is 0 Å². The molecular weight excluding hydrogens is 508 g/mol. The average Bonchev–Trinajstić information content (AvgIpc) is 2.53. The molecule has 1 aromatic carbocycles. The maximum Gasteiger partial charge on any atom is 0.148 e. The van der Waals surface area contributed by atoms with E-state index in [0.717, 1.165) is 35.0 Å². The first-order valence-corrected chi connectivity index (χ1v) is 8.52. The van der Waals surface area contributed by atoms with Crippen molar-refractivity contribution >= 4 is 63.7 Å². The molecule has 0 saturated heterocycles. The summed E-state index contributed by atoms with van der Waals surface area (Å²) in [6.07, 6.45) is 0. The van der Waals surface area contributed by atoms with Gasteiger partial charge in [-0.3, -0.25) is 4.68 Å². The normalized spacial score (nSPS) is 10.8. The van der Waals surface area contributed by atoms with E-state index in [1.807, 2.05) is 30.8 Å². The summed E-state index contributed by atoms with van der Waals surface area (Å²) in [6, 6.07) is 3.90. The minimum Gasteiger partial charge on any atom is -0.485 e. The van der Waals surface area contributed by atoms with Crippen LogP contribution in [0.2, 0.25) is 0 Å². The van der Waals surface area contributed by atoms with Crippen molar-refractivity contribution in [2.45, 2.75) is 13.5 Å². The second kappa shape index (κ2) is 6.28. The predicted molar refractivity (Wildman–Crippen MR) is 89.5 cm³/mol. The predicted octanol–water partition coefficient (Wildman–Crippen LogP) is 5.36. The highest BCUT2D eigenvalue weighted by molar-refractivity contribution is 9.11. The van der Waals surface area contributed by atoms with E-state index in [2.05, 4.69) is 68.8 Å².